The summed E-state index contributed by atoms with van der Waals surface area (Å²) < 4.78 is 0. The number of fused-ring (bicyclic) bond motifs is 1. The number of amides is 1. The summed E-state index contributed by atoms with van der Waals surface area (Å²) in [6.45, 7) is 6.82. The number of benzene rings is 1. The van der Waals surface area contributed by atoms with E-state index in [4.69, 9.17) is 0 Å². The minimum atomic E-state index is -0.208. The van der Waals surface area contributed by atoms with Crippen molar-refractivity contribution in [1.29, 1.82) is 0 Å². The van der Waals surface area contributed by atoms with Crippen LogP contribution in [0.2, 0.25) is 0 Å². The van der Waals surface area contributed by atoms with Crippen molar-refractivity contribution in [2.75, 3.05) is 25.5 Å². The van der Waals surface area contributed by atoms with Crippen LogP contribution in [0.3, 0.4) is 0 Å². The number of carbonyl (C=O) groups is 1. The first-order valence-corrected chi connectivity index (χ1v) is 10.7. The lowest BCUT2D eigenvalue weighted by atomic mass is 10.0. The molecule has 32 heavy (non-hydrogen) atoms. The average molecular weight is 429 g/mol. The van der Waals surface area contributed by atoms with Gasteiger partial charge in [-0.15, -0.1) is 0 Å². The van der Waals surface area contributed by atoms with Crippen LogP contribution < -0.4 is 10.2 Å². The van der Waals surface area contributed by atoms with Crippen LogP contribution in [0, 0.1) is 20.8 Å². The molecule has 7 nitrogen and oxygen atoms in total. The van der Waals surface area contributed by atoms with E-state index in [2.05, 4.69) is 58.2 Å². The molecule has 2 N–H and O–H groups in total. The normalized spacial score (nSPS) is 11.0. The molecule has 3 heterocycles. The first-order chi connectivity index (χ1) is 15.3. The van der Waals surface area contributed by atoms with Gasteiger partial charge in [0.25, 0.3) is 5.91 Å². The van der Waals surface area contributed by atoms with Crippen LogP contribution in [-0.2, 0) is 6.42 Å². The maximum Gasteiger partial charge on any atom is 0.255 e. The van der Waals surface area contributed by atoms with E-state index in [0.717, 1.165) is 12.1 Å². The Kier molecular flexibility index (Phi) is 5.90. The van der Waals surface area contributed by atoms with E-state index in [1.165, 1.54) is 27.6 Å². The van der Waals surface area contributed by atoms with Crippen LogP contribution in [0.1, 0.15) is 32.7 Å². The molecule has 0 aliphatic heterocycles. The van der Waals surface area contributed by atoms with Gasteiger partial charge in [0.05, 0.1) is 11.3 Å². The van der Waals surface area contributed by atoms with Gasteiger partial charge < -0.3 is 15.2 Å². The van der Waals surface area contributed by atoms with Crippen molar-refractivity contribution >= 4 is 22.8 Å². The summed E-state index contributed by atoms with van der Waals surface area (Å²) in [5.41, 5.74) is 7.58. The van der Waals surface area contributed by atoms with Crippen LogP contribution in [0.5, 0.6) is 0 Å². The molecule has 1 aromatic carbocycles. The fourth-order valence-corrected chi connectivity index (χ4v) is 4.01. The Morgan fingerprint density at radius 1 is 1.12 bits per heavy atom. The van der Waals surface area contributed by atoms with E-state index in [1.54, 1.807) is 17.3 Å². The molecule has 164 valence electrons. The molecule has 0 radical (unpaired) electrons. The minimum Gasteiger partial charge on any atom is -0.358 e. The third-order valence-electron chi connectivity index (χ3n) is 5.56. The average Bonchev–Trinajstić information content (AvgIpc) is 3.09. The molecule has 4 rings (SSSR count). The Hall–Kier alpha value is -3.74. The molecule has 0 aliphatic carbocycles. The van der Waals surface area contributed by atoms with Crippen LogP contribution in [0.4, 0.5) is 5.95 Å². The topological polar surface area (TPSA) is 86.8 Å². The van der Waals surface area contributed by atoms with E-state index in [0.29, 0.717) is 29.4 Å². The van der Waals surface area contributed by atoms with Gasteiger partial charge in [-0.1, -0.05) is 17.7 Å². The number of H-pyrrole nitrogens is 1. The summed E-state index contributed by atoms with van der Waals surface area (Å²) in [6.07, 6.45) is 4.00. The van der Waals surface area contributed by atoms with Crippen molar-refractivity contribution in [3.8, 4) is 11.4 Å². The van der Waals surface area contributed by atoms with Crippen molar-refractivity contribution in [1.82, 2.24) is 25.3 Å². The summed E-state index contributed by atoms with van der Waals surface area (Å²) >= 11 is 0. The molecular weight excluding hydrogens is 400 g/mol. The smallest absolute Gasteiger partial charge is 0.255 e. The van der Waals surface area contributed by atoms with Crippen molar-refractivity contribution in [2.45, 2.75) is 27.2 Å². The van der Waals surface area contributed by atoms with Crippen molar-refractivity contribution < 1.29 is 4.79 Å². The highest BCUT2D eigenvalue weighted by Crippen LogP contribution is 2.27. The van der Waals surface area contributed by atoms with E-state index in [1.807, 2.05) is 32.3 Å². The molecule has 0 aliphatic rings. The lowest BCUT2D eigenvalue weighted by Gasteiger charge is -2.14. The predicted molar refractivity (Wildman–Crippen MR) is 128 cm³/mol. The lowest BCUT2D eigenvalue weighted by molar-refractivity contribution is 0.0954. The fraction of sp³-hybridized carbons (Fsp3) is 0.280. The van der Waals surface area contributed by atoms with Crippen LogP contribution in [-0.4, -0.2) is 46.5 Å². The Balaban J connectivity index is 1.57. The highest BCUT2D eigenvalue weighted by Gasteiger charge is 2.18. The number of carbonyl (C=O) groups excluding carboxylic acids is 1. The highest BCUT2D eigenvalue weighted by molar-refractivity contribution is 5.99. The fourth-order valence-electron chi connectivity index (χ4n) is 4.01. The predicted octanol–water partition coefficient (Wildman–Crippen LogP) is 3.98. The number of hydrogen-bond donors (Lipinski definition) is 2. The van der Waals surface area contributed by atoms with Crippen LogP contribution >= 0.6 is 0 Å². The second-order valence-corrected chi connectivity index (χ2v) is 8.28. The van der Waals surface area contributed by atoms with E-state index in [-0.39, 0.29) is 5.91 Å². The Morgan fingerprint density at radius 2 is 1.94 bits per heavy atom. The van der Waals surface area contributed by atoms with E-state index < -0.39 is 0 Å². The maximum absolute atomic E-state index is 13.1. The second kappa shape index (κ2) is 8.78. The van der Waals surface area contributed by atoms with Gasteiger partial charge in [0.1, 0.15) is 5.69 Å². The van der Waals surface area contributed by atoms with Gasteiger partial charge in [-0.25, -0.2) is 9.97 Å². The van der Waals surface area contributed by atoms with Gasteiger partial charge >= 0.3 is 0 Å². The summed E-state index contributed by atoms with van der Waals surface area (Å²) in [5, 5.41) is 4.27. The Bertz CT molecular complexity index is 1280. The van der Waals surface area contributed by atoms with Crippen molar-refractivity contribution in [2.24, 2.45) is 0 Å². The standard InChI is InChI=1S/C25H28N6O/c1-15-12-16(2)22-19(13-15)18(17(3)29-22)9-11-27-24(32)20-14-28-25(31(4)5)30-23(20)21-8-6-7-10-26-21/h6-8,10,12-14,29H,9,11H2,1-5H3,(H,27,32). The Morgan fingerprint density at radius 3 is 2.66 bits per heavy atom. The molecule has 0 bridgehead atoms. The summed E-state index contributed by atoms with van der Waals surface area (Å²) in [6, 6.07) is 9.95. The number of aromatic amines is 1. The van der Waals surface area contributed by atoms with Gasteiger partial charge in [0.2, 0.25) is 5.95 Å². The molecule has 3 aromatic heterocycles. The minimum absolute atomic E-state index is 0.208. The molecule has 0 unspecified atom stereocenters. The molecule has 0 saturated carbocycles. The zero-order valence-electron chi connectivity index (χ0n) is 19.2. The van der Waals surface area contributed by atoms with E-state index in [9.17, 15) is 4.79 Å². The number of aryl methyl sites for hydroxylation is 3. The lowest BCUT2D eigenvalue weighted by Crippen LogP contribution is -2.27. The van der Waals surface area contributed by atoms with Gasteiger partial charge in [-0.05, 0) is 56.5 Å². The summed E-state index contributed by atoms with van der Waals surface area (Å²) in [4.78, 5) is 31.7. The number of nitrogens with zero attached hydrogens (tertiary/aromatic N) is 4. The van der Waals surface area contributed by atoms with Crippen LogP contribution in [0.25, 0.3) is 22.3 Å². The molecule has 0 fully saturated rings. The van der Waals surface area contributed by atoms with E-state index >= 15 is 0 Å². The number of rotatable bonds is 6. The van der Waals surface area contributed by atoms with Crippen LogP contribution in [0.15, 0.2) is 42.7 Å². The number of pyridine rings is 1. The number of nitrogens with one attached hydrogen (secondary N) is 2. The molecular formula is C25H28N6O. The van der Waals surface area contributed by atoms with Gasteiger partial charge in [0.15, 0.2) is 0 Å². The first-order valence-electron chi connectivity index (χ1n) is 10.7. The maximum atomic E-state index is 13.1. The second-order valence-electron chi connectivity index (χ2n) is 8.28. The summed E-state index contributed by atoms with van der Waals surface area (Å²) in [7, 11) is 3.73. The number of anilines is 1. The number of aromatic nitrogens is 4. The molecule has 7 heteroatoms. The van der Waals surface area contributed by atoms with Crippen molar-refractivity contribution in [3.63, 3.8) is 0 Å². The SMILES string of the molecule is Cc1cc(C)c2[nH]c(C)c(CCNC(=O)c3cnc(N(C)C)nc3-c3ccccn3)c2c1. The number of hydrogen-bond acceptors (Lipinski definition) is 5. The zero-order chi connectivity index (χ0) is 22.8. The van der Waals surface area contributed by atoms with Gasteiger partial charge in [-0.2, -0.15) is 0 Å². The first kappa shape index (κ1) is 21.5. The molecule has 1 amide bonds. The molecule has 0 atom stereocenters. The van der Waals surface area contributed by atoms with Crippen molar-refractivity contribution in [3.05, 3.63) is 70.7 Å². The monoisotopic (exact) mass is 428 g/mol. The van der Waals surface area contributed by atoms with Gasteiger partial charge in [0, 0.05) is 49.6 Å². The largest absolute Gasteiger partial charge is 0.358 e. The summed E-state index contributed by atoms with van der Waals surface area (Å²) in [5.74, 6) is 0.322. The zero-order valence-corrected chi connectivity index (χ0v) is 19.2. The third-order valence-corrected chi connectivity index (χ3v) is 5.56. The molecule has 0 saturated heterocycles. The Labute approximate surface area is 187 Å². The highest BCUT2D eigenvalue weighted by atomic mass is 16.1. The quantitative estimate of drug-likeness (QED) is 0.485. The molecule has 0 spiro atoms. The third kappa shape index (κ3) is 4.19. The van der Waals surface area contributed by atoms with Gasteiger partial charge in [-0.3, -0.25) is 9.78 Å². The molecule has 4 aromatic rings.